The molecule has 2 bridgehead atoms. The third kappa shape index (κ3) is 5.90. The molecule has 13 heteroatoms. The molecule has 3 fully saturated rings. The second-order valence-electron chi connectivity index (χ2n) is 15.1. The van der Waals surface area contributed by atoms with Crippen LogP contribution in [-0.2, 0) is 42.8 Å². The zero-order valence-electron chi connectivity index (χ0n) is 29.5. The molecule has 1 heterocycles. The van der Waals surface area contributed by atoms with Crippen LogP contribution < -0.4 is 0 Å². The fourth-order valence-electron chi connectivity index (χ4n) is 8.93. The second-order valence-corrected chi connectivity index (χ2v) is 16.8. The number of alkyl halides is 1. The van der Waals surface area contributed by atoms with E-state index < -0.39 is 85.6 Å². The summed E-state index contributed by atoms with van der Waals surface area (Å²) in [6, 6.07) is 8.31. The molecule has 1 aromatic rings. The second kappa shape index (κ2) is 12.6. The molecule has 5 rings (SSSR count). The summed E-state index contributed by atoms with van der Waals surface area (Å²) in [5, 5.41) is 24.6. The molecule has 0 spiro atoms. The fraction of sp³-hybridized carbons (Fsp3) is 0.667. The molecule has 0 aromatic heterocycles. The maximum atomic E-state index is 14.2. The van der Waals surface area contributed by atoms with E-state index in [0.29, 0.717) is 11.1 Å². The Balaban J connectivity index is 1.90. The lowest BCUT2D eigenvalue weighted by Gasteiger charge is -2.72. The molecule has 3 aliphatic carbocycles. The van der Waals surface area contributed by atoms with E-state index in [4.69, 9.17) is 28.4 Å². The van der Waals surface area contributed by atoms with Crippen molar-refractivity contribution in [2.75, 3.05) is 6.61 Å². The van der Waals surface area contributed by atoms with Crippen LogP contribution in [0, 0.1) is 10.8 Å². The van der Waals surface area contributed by atoms with E-state index in [9.17, 15) is 29.4 Å². The number of esters is 4. The number of benzene rings is 1. The third-order valence-corrected chi connectivity index (χ3v) is 13.8. The molecule has 49 heavy (non-hydrogen) atoms. The van der Waals surface area contributed by atoms with Gasteiger partial charge in [0.25, 0.3) is 0 Å². The van der Waals surface area contributed by atoms with E-state index in [2.05, 4.69) is 22.6 Å². The van der Waals surface area contributed by atoms with Crippen molar-refractivity contribution in [1.29, 1.82) is 0 Å². The molecule has 2 saturated carbocycles. The molecule has 0 radical (unpaired) electrons. The van der Waals surface area contributed by atoms with E-state index in [1.807, 2.05) is 6.92 Å². The Hall–Kier alpha value is -2.59. The van der Waals surface area contributed by atoms with Gasteiger partial charge in [-0.2, -0.15) is 0 Å². The normalized spacial score (nSPS) is 38.0. The zero-order valence-corrected chi connectivity index (χ0v) is 31.6. The summed E-state index contributed by atoms with van der Waals surface area (Å²) in [4.78, 5) is 52.6. The van der Waals surface area contributed by atoms with Crippen molar-refractivity contribution >= 4 is 46.5 Å². The molecule has 0 unspecified atom stereocenters. The summed E-state index contributed by atoms with van der Waals surface area (Å²) >= 11 is 2.14. The smallest absolute Gasteiger partial charge is 0.338 e. The lowest BCUT2D eigenvalue weighted by molar-refractivity contribution is -0.354. The molecule has 1 aromatic carbocycles. The fourth-order valence-corrected chi connectivity index (χ4v) is 10.8. The number of carbonyl (C=O) groups is 4. The van der Waals surface area contributed by atoms with Crippen molar-refractivity contribution in [2.24, 2.45) is 10.8 Å². The number of fused-ring (bicyclic) bond motifs is 5. The average Bonchev–Trinajstić information content (AvgIpc) is 2.96. The lowest BCUT2D eigenvalue weighted by Crippen LogP contribution is -2.87. The molecule has 1 saturated heterocycles. The van der Waals surface area contributed by atoms with Crippen LogP contribution in [0.2, 0.25) is 0 Å². The average molecular weight is 799 g/mol. The number of hydrogen-bond acceptors (Lipinski definition) is 12. The first-order valence-electron chi connectivity index (χ1n) is 16.5. The zero-order chi connectivity index (χ0) is 36.5. The molecule has 270 valence electrons. The first kappa shape index (κ1) is 37.7. The van der Waals surface area contributed by atoms with Gasteiger partial charge in [0.05, 0.1) is 18.3 Å². The lowest BCUT2D eigenvalue weighted by atomic mass is 9.45. The van der Waals surface area contributed by atoms with Gasteiger partial charge in [-0.15, -0.1) is 0 Å². The first-order chi connectivity index (χ1) is 22.5. The topological polar surface area (TPSA) is 164 Å². The largest absolute Gasteiger partial charge is 0.458 e. The van der Waals surface area contributed by atoms with Crippen LogP contribution in [0.15, 0.2) is 41.5 Å². The van der Waals surface area contributed by atoms with Crippen LogP contribution >= 0.6 is 22.6 Å². The van der Waals surface area contributed by atoms with Crippen molar-refractivity contribution in [1.82, 2.24) is 0 Å². The van der Waals surface area contributed by atoms with Gasteiger partial charge < -0.3 is 38.6 Å². The van der Waals surface area contributed by atoms with Crippen molar-refractivity contribution in [2.45, 2.75) is 133 Å². The van der Waals surface area contributed by atoms with Crippen molar-refractivity contribution < 1.29 is 57.8 Å². The summed E-state index contributed by atoms with van der Waals surface area (Å²) in [5.74, 6) is -4.22. The van der Waals surface area contributed by atoms with Crippen LogP contribution in [-0.4, -0.2) is 91.6 Å². The highest BCUT2D eigenvalue weighted by atomic mass is 127. The van der Waals surface area contributed by atoms with Crippen LogP contribution in [0.5, 0.6) is 0 Å². The summed E-state index contributed by atoms with van der Waals surface area (Å²) in [6.45, 7) is 13.9. The molecule has 9 atom stereocenters. The molecule has 4 aliphatic rings. The number of halogens is 1. The van der Waals surface area contributed by atoms with Gasteiger partial charge in [-0.3, -0.25) is 14.4 Å². The molecule has 2 N–H and O–H groups in total. The van der Waals surface area contributed by atoms with Gasteiger partial charge >= 0.3 is 23.9 Å². The highest BCUT2D eigenvalue weighted by molar-refractivity contribution is 14.1. The molecule has 12 nitrogen and oxygen atoms in total. The van der Waals surface area contributed by atoms with Crippen LogP contribution in [0.3, 0.4) is 0 Å². The Morgan fingerprint density at radius 2 is 1.51 bits per heavy atom. The predicted octanol–water partition coefficient (Wildman–Crippen LogP) is 4.35. The Kier molecular flexibility index (Phi) is 9.66. The van der Waals surface area contributed by atoms with E-state index in [1.54, 1.807) is 51.1 Å². The van der Waals surface area contributed by atoms with E-state index >= 15 is 0 Å². The minimum Gasteiger partial charge on any atom is -0.458 e. The quantitative estimate of drug-likeness (QED) is 0.100. The number of hydrogen-bond donors (Lipinski definition) is 2. The Labute approximate surface area is 300 Å². The number of ether oxygens (including phenoxy) is 6. The molecular weight excluding hydrogens is 751 g/mol. The SMILES string of the molecule is CC(=O)O[C@H]1C[C@@]2(O)[C@@H](OC(=O)c3ccccc3)[C@@]3(I)[C@]4(OC(C)=O)CO[C@@H]4C[C@H](OC(C)(C)O)[C@@]3(C)C[C@H](OC(C)=O)C(=C1C)C2(C)C. The van der Waals surface area contributed by atoms with Crippen molar-refractivity contribution in [3.05, 3.63) is 47.0 Å². The highest BCUT2D eigenvalue weighted by Crippen LogP contribution is 2.70. The van der Waals surface area contributed by atoms with Gasteiger partial charge in [-0.25, -0.2) is 4.79 Å². The Bertz CT molecular complexity index is 1550. The number of rotatable bonds is 7. The van der Waals surface area contributed by atoms with E-state index in [1.165, 1.54) is 34.6 Å². The Morgan fingerprint density at radius 3 is 2.02 bits per heavy atom. The maximum absolute atomic E-state index is 14.2. The minimum atomic E-state index is -2.06. The third-order valence-electron chi connectivity index (χ3n) is 11.1. The molecule has 0 amide bonds. The molecular formula is C36H47IO12. The minimum absolute atomic E-state index is 0.0182. The highest BCUT2D eigenvalue weighted by Gasteiger charge is 2.83. The van der Waals surface area contributed by atoms with Crippen LogP contribution in [0.1, 0.15) is 91.9 Å². The van der Waals surface area contributed by atoms with Gasteiger partial charge in [0.15, 0.2) is 17.5 Å². The maximum Gasteiger partial charge on any atom is 0.338 e. The number of carbonyl (C=O) groups excluding carboxylic acids is 4. The predicted molar refractivity (Wildman–Crippen MR) is 182 cm³/mol. The van der Waals surface area contributed by atoms with Gasteiger partial charge in [0, 0.05) is 44.4 Å². The summed E-state index contributed by atoms with van der Waals surface area (Å²) < 4.78 is 35.7. The standard InChI is InChI=1S/C36H47IO12/c1-19-24(45-20(2)38)17-34(43)30(47-29(41)23-13-11-10-12-14-23)36(37)33(9,16-25(46-21(3)39)28(19)31(34,5)6)26(49-32(7,8)42)15-27-35(36,18-44-27)48-22(4)40/h10-14,24-27,30,42-43H,15-18H2,1-9H3/t24-,25-,26-,27+,30+,33+,34+,35-,36-/m0/s1. The monoisotopic (exact) mass is 798 g/mol. The number of aliphatic hydroxyl groups is 2. The van der Waals surface area contributed by atoms with Gasteiger partial charge in [0.2, 0.25) is 0 Å². The Morgan fingerprint density at radius 1 is 0.918 bits per heavy atom. The van der Waals surface area contributed by atoms with Crippen LogP contribution in [0.25, 0.3) is 0 Å². The first-order valence-corrected chi connectivity index (χ1v) is 17.6. The van der Waals surface area contributed by atoms with E-state index in [0.717, 1.165) is 0 Å². The van der Waals surface area contributed by atoms with Gasteiger partial charge in [-0.05, 0) is 50.5 Å². The van der Waals surface area contributed by atoms with Crippen molar-refractivity contribution in [3.8, 4) is 0 Å². The summed E-state index contributed by atoms with van der Waals surface area (Å²) in [7, 11) is 0. The van der Waals surface area contributed by atoms with Gasteiger partial charge in [-0.1, -0.05) is 61.6 Å². The molecule has 1 aliphatic heterocycles. The van der Waals surface area contributed by atoms with Crippen LogP contribution in [0.4, 0.5) is 0 Å². The van der Waals surface area contributed by atoms with Crippen molar-refractivity contribution in [3.63, 3.8) is 0 Å². The summed E-state index contributed by atoms with van der Waals surface area (Å²) in [5.41, 5.74) is -4.83. The summed E-state index contributed by atoms with van der Waals surface area (Å²) in [6.07, 6.45) is -5.21. The van der Waals surface area contributed by atoms with Gasteiger partial charge in [0.1, 0.15) is 27.3 Å². The van der Waals surface area contributed by atoms with E-state index in [-0.39, 0.29) is 31.4 Å².